The molecule has 0 bridgehead atoms. The van der Waals surface area contributed by atoms with E-state index in [1.165, 1.54) is 0 Å². The van der Waals surface area contributed by atoms with Crippen LogP contribution in [-0.4, -0.2) is 4.93 Å². The van der Waals surface area contributed by atoms with Crippen LogP contribution in [0.5, 0.6) is 0 Å². The lowest BCUT2D eigenvalue weighted by Gasteiger charge is -2.15. The Balaban J connectivity index is 0.000000405. The van der Waals surface area contributed by atoms with Gasteiger partial charge in [-0.2, -0.15) is 10.5 Å². The van der Waals surface area contributed by atoms with Crippen LogP contribution in [0.25, 0.3) is 0 Å². The number of nitriles is 2. The summed E-state index contributed by atoms with van der Waals surface area (Å²) in [6.45, 7) is 3.83. The van der Waals surface area contributed by atoms with Gasteiger partial charge in [-0.15, -0.1) is 0 Å². The lowest BCUT2D eigenvalue weighted by atomic mass is 9.87. The molecule has 2 aromatic rings. The van der Waals surface area contributed by atoms with Crippen LogP contribution < -0.4 is 0 Å². The highest BCUT2D eigenvalue weighted by atomic mass is 127. The molecule has 0 heterocycles. The van der Waals surface area contributed by atoms with Gasteiger partial charge in [0, 0.05) is 8.95 Å². The van der Waals surface area contributed by atoms with Crippen molar-refractivity contribution >= 4 is 54.5 Å². The van der Waals surface area contributed by atoms with E-state index in [1.54, 1.807) is 0 Å². The molecule has 2 nitrogen and oxygen atoms in total. The molecule has 0 spiro atoms. The number of alkyl halides is 1. The molecule has 24 heavy (non-hydrogen) atoms. The average Bonchev–Trinajstić information content (AvgIpc) is 2.60. The van der Waals surface area contributed by atoms with Gasteiger partial charge in [-0.25, -0.2) is 0 Å². The summed E-state index contributed by atoms with van der Waals surface area (Å²) in [5, 5.41) is 17.2. The van der Waals surface area contributed by atoms with E-state index < -0.39 is 0 Å². The van der Waals surface area contributed by atoms with E-state index in [0.717, 1.165) is 20.1 Å². The van der Waals surface area contributed by atoms with Crippen LogP contribution in [0.1, 0.15) is 25.0 Å². The number of hydrogen-bond donors (Lipinski definition) is 0. The molecule has 0 radical (unpaired) electrons. The molecule has 0 atom stereocenters. The lowest BCUT2D eigenvalue weighted by molar-refractivity contribution is 0.687. The van der Waals surface area contributed by atoms with Crippen molar-refractivity contribution in [2.75, 3.05) is 4.93 Å². The van der Waals surface area contributed by atoms with Gasteiger partial charge in [-0.05, 0) is 54.2 Å². The number of nitrogens with zero attached hydrogens (tertiary/aromatic N) is 2. The maximum absolute atomic E-state index is 8.86. The van der Waals surface area contributed by atoms with Gasteiger partial charge >= 0.3 is 0 Å². The van der Waals surface area contributed by atoms with Gasteiger partial charge < -0.3 is 0 Å². The van der Waals surface area contributed by atoms with Crippen molar-refractivity contribution in [3.63, 3.8) is 0 Å². The molecule has 0 aliphatic rings. The minimum atomic E-state index is -0.388. The zero-order valence-electron chi connectivity index (χ0n) is 13.9. The largest absolute Gasteiger partial charge is 0.198 e. The maximum Gasteiger partial charge on any atom is 0.0766 e. The summed E-state index contributed by atoms with van der Waals surface area (Å²) in [7, 11) is 0. The zero-order valence-corrected chi connectivity index (χ0v) is 19.2. The van der Waals surface area contributed by atoms with E-state index in [2.05, 4.69) is 66.6 Å². The summed E-state index contributed by atoms with van der Waals surface area (Å²) < 4.78 is 2.09. The fourth-order valence-electron chi connectivity index (χ4n) is 1.62. The maximum atomic E-state index is 8.86. The summed E-state index contributed by atoms with van der Waals surface area (Å²) in [5.74, 6) is 0. The molecule has 126 valence electrons. The summed E-state index contributed by atoms with van der Waals surface area (Å²) in [5.41, 5.74) is 1.72. The fourth-order valence-corrected chi connectivity index (χ4v) is 2.15. The molecule has 0 aromatic heterocycles. The molecule has 5 heteroatoms. The number of hydrogen-bond acceptors (Lipinski definition) is 2. The van der Waals surface area contributed by atoms with Crippen LogP contribution in [0, 0.1) is 22.7 Å². The second kappa shape index (κ2) is 12.5. The van der Waals surface area contributed by atoms with E-state index in [1.807, 2.05) is 67.3 Å². The summed E-state index contributed by atoms with van der Waals surface area (Å²) >= 11 is 8.81. The number of benzene rings is 2. The van der Waals surface area contributed by atoms with Crippen LogP contribution in [0.4, 0.5) is 0 Å². The summed E-state index contributed by atoms with van der Waals surface area (Å²) in [6.07, 6.45) is 0.493. The first kappa shape index (κ1) is 23.1. The highest BCUT2D eigenvalue weighted by molar-refractivity contribution is 14.1. The third-order valence-corrected chi connectivity index (χ3v) is 4.10. The molecule has 0 aliphatic heterocycles. The molecule has 0 saturated heterocycles. The first-order valence-electron chi connectivity index (χ1n) is 7.05. The zero-order chi connectivity index (χ0) is 18.6. The third kappa shape index (κ3) is 8.82. The molecule has 2 aromatic carbocycles. The second-order valence-electron chi connectivity index (χ2n) is 5.21. The SMILES string of the molecule is CC(C)(C#N)c1ccc(Br)cc1.CI.N#CCc1ccc(Br)cc1. The Bertz CT molecular complexity index is 681. The lowest BCUT2D eigenvalue weighted by Crippen LogP contribution is -2.13. The van der Waals surface area contributed by atoms with Gasteiger partial charge in [0.15, 0.2) is 0 Å². The Labute approximate surface area is 175 Å². The predicted molar refractivity (Wildman–Crippen MR) is 116 cm³/mol. The highest BCUT2D eigenvalue weighted by Gasteiger charge is 2.18. The Kier molecular flexibility index (Phi) is 12.0. The van der Waals surface area contributed by atoms with E-state index in [0.29, 0.717) is 6.42 Å². The molecular weight excluding hydrogens is 543 g/mol. The van der Waals surface area contributed by atoms with Gasteiger partial charge in [-0.1, -0.05) is 78.7 Å². The van der Waals surface area contributed by atoms with E-state index in [9.17, 15) is 0 Å². The quantitative estimate of drug-likeness (QED) is 0.298. The second-order valence-corrected chi connectivity index (χ2v) is 7.04. The van der Waals surface area contributed by atoms with Gasteiger partial charge in [-0.3, -0.25) is 0 Å². The Morgan fingerprint density at radius 1 is 0.875 bits per heavy atom. The minimum Gasteiger partial charge on any atom is -0.198 e. The van der Waals surface area contributed by atoms with Crippen molar-refractivity contribution in [2.45, 2.75) is 25.7 Å². The molecule has 0 fully saturated rings. The number of halogens is 3. The van der Waals surface area contributed by atoms with Crippen LogP contribution in [0.3, 0.4) is 0 Å². The van der Waals surface area contributed by atoms with Gasteiger partial charge in [0.1, 0.15) is 0 Å². The van der Waals surface area contributed by atoms with Gasteiger partial charge in [0.2, 0.25) is 0 Å². The third-order valence-electron chi connectivity index (χ3n) is 3.04. The normalized spacial score (nSPS) is 9.33. The summed E-state index contributed by atoms with van der Waals surface area (Å²) in [6, 6.07) is 19.9. The van der Waals surface area contributed by atoms with Crippen LogP contribution >= 0.6 is 54.5 Å². The summed E-state index contributed by atoms with van der Waals surface area (Å²) in [4.78, 5) is 1.97. The van der Waals surface area contributed by atoms with Crippen molar-refractivity contribution in [3.8, 4) is 12.1 Å². The molecule has 0 N–H and O–H groups in total. The van der Waals surface area contributed by atoms with Crippen molar-refractivity contribution in [1.82, 2.24) is 0 Å². The van der Waals surface area contributed by atoms with Gasteiger partial charge in [0.05, 0.1) is 24.0 Å². The molecule has 0 saturated carbocycles. The Hall–Kier alpha value is -0.890. The Morgan fingerprint density at radius 3 is 1.67 bits per heavy atom. The average molecular weight is 562 g/mol. The van der Waals surface area contributed by atoms with E-state index in [4.69, 9.17) is 10.5 Å². The molecule has 0 amide bonds. The van der Waals surface area contributed by atoms with Crippen LogP contribution in [0.15, 0.2) is 57.5 Å². The first-order valence-corrected chi connectivity index (χ1v) is 10.8. The number of rotatable bonds is 2. The van der Waals surface area contributed by atoms with Crippen molar-refractivity contribution in [3.05, 3.63) is 68.6 Å². The standard InChI is InChI=1S/C10H10BrN.C8H6BrN.CH3I/c1-10(2,7-12)8-3-5-9(11)6-4-8;9-8-3-1-7(2-4-8)5-6-10;1-2/h3-6H,1-2H3;1-4H,5H2;1H3. The van der Waals surface area contributed by atoms with Gasteiger partial charge in [0.25, 0.3) is 0 Å². The smallest absolute Gasteiger partial charge is 0.0766 e. The van der Waals surface area contributed by atoms with Crippen LogP contribution in [0.2, 0.25) is 0 Å². The van der Waals surface area contributed by atoms with Crippen molar-refractivity contribution in [2.24, 2.45) is 0 Å². The van der Waals surface area contributed by atoms with Crippen molar-refractivity contribution < 1.29 is 0 Å². The highest BCUT2D eigenvalue weighted by Crippen LogP contribution is 2.23. The molecule has 0 aliphatic carbocycles. The first-order chi connectivity index (χ1) is 11.4. The molecule has 2 rings (SSSR count). The van der Waals surface area contributed by atoms with E-state index >= 15 is 0 Å². The van der Waals surface area contributed by atoms with Crippen molar-refractivity contribution in [1.29, 1.82) is 10.5 Å². The molecular formula is C19H19Br2IN2. The van der Waals surface area contributed by atoms with E-state index in [-0.39, 0.29) is 5.41 Å². The molecule has 0 unspecified atom stereocenters. The Morgan fingerprint density at radius 2 is 1.29 bits per heavy atom. The fraction of sp³-hybridized carbons (Fsp3) is 0.263. The predicted octanol–water partition coefficient (Wildman–Crippen LogP) is 6.82. The topological polar surface area (TPSA) is 47.6 Å². The monoisotopic (exact) mass is 560 g/mol. The minimum absolute atomic E-state index is 0.388. The van der Waals surface area contributed by atoms with Crippen LogP contribution in [-0.2, 0) is 11.8 Å².